The van der Waals surface area contributed by atoms with E-state index in [2.05, 4.69) is 43.2 Å². The summed E-state index contributed by atoms with van der Waals surface area (Å²) in [5.41, 5.74) is 2.20. The van der Waals surface area contributed by atoms with E-state index in [9.17, 15) is 14.7 Å². The lowest BCUT2D eigenvalue weighted by Crippen LogP contribution is -2.42. The lowest BCUT2D eigenvalue weighted by molar-refractivity contribution is -0.139. The minimum atomic E-state index is -1.11. The van der Waals surface area contributed by atoms with Gasteiger partial charge < -0.3 is 19.9 Å². The van der Waals surface area contributed by atoms with Gasteiger partial charge in [0.25, 0.3) is 5.91 Å². The van der Waals surface area contributed by atoms with Crippen molar-refractivity contribution < 1.29 is 24.2 Å². The molecule has 1 fully saturated rings. The number of nitrogens with one attached hydrogen (secondary N) is 1. The minimum absolute atomic E-state index is 0.0541. The zero-order valence-corrected chi connectivity index (χ0v) is 25.1. The van der Waals surface area contributed by atoms with Crippen LogP contribution in [-0.2, 0) is 16.6 Å². The molecular weight excluding hydrogens is 540 g/mol. The lowest BCUT2D eigenvalue weighted by Gasteiger charge is -2.19. The maximum absolute atomic E-state index is 13.1. The average molecular weight is 581 g/mol. The van der Waals surface area contributed by atoms with Crippen molar-refractivity contribution in [3.8, 4) is 17.2 Å². The Morgan fingerprint density at radius 1 is 0.907 bits per heavy atom. The van der Waals surface area contributed by atoms with Gasteiger partial charge in [-0.3, -0.25) is 9.78 Å². The summed E-state index contributed by atoms with van der Waals surface area (Å²) >= 11 is 0. The van der Waals surface area contributed by atoms with E-state index >= 15 is 0 Å². The number of aromatic nitrogens is 1. The predicted molar refractivity (Wildman–Crippen MR) is 168 cm³/mol. The Morgan fingerprint density at radius 2 is 1.58 bits per heavy atom. The topological polar surface area (TPSA) is 97.8 Å². The standard InChI is InChI=1S/C36H40N2O5/c1-36(2,3)28-11-16-30(17-12-28)43-31-15-10-26-23-37-32(22-27(26)21-31)34(39)38-33(35(40)41)20-25-8-13-29(14-9-25)42-19-18-24-6-4-5-7-24/h8-17,21-24,33H,4-7,18-20H2,1-3H3,(H,38,39)(H,40,41)/t33-/m0/s1. The summed E-state index contributed by atoms with van der Waals surface area (Å²) in [5.74, 6) is 1.21. The van der Waals surface area contributed by atoms with Crippen molar-refractivity contribution in [1.29, 1.82) is 0 Å². The van der Waals surface area contributed by atoms with Gasteiger partial charge in [0.2, 0.25) is 0 Å². The number of benzene rings is 3. The lowest BCUT2D eigenvalue weighted by atomic mass is 9.87. The number of fused-ring (bicyclic) bond motifs is 1. The second-order valence-electron chi connectivity index (χ2n) is 12.5. The van der Waals surface area contributed by atoms with Crippen molar-refractivity contribution >= 4 is 22.6 Å². The Kier molecular flexibility index (Phi) is 9.29. The number of carbonyl (C=O) groups is 2. The van der Waals surface area contributed by atoms with Crippen molar-refractivity contribution in [3.63, 3.8) is 0 Å². The zero-order chi connectivity index (χ0) is 30.4. The van der Waals surface area contributed by atoms with Crippen LogP contribution >= 0.6 is 0 Å². The maximum Gasteiger partial charge on any atom is 0.326 e. The van der Waals surface area contributed by atoms with Gasteiger partial charge in [-0.05, 0) is 82.8 Å². The summed E-state index contributed by atoms with van der Waals surface area (Å²) in [6.45, 7) is 7.18. The molecule has 5 rings (SSSR count). The molecule has 1 heterocycles. The van der Waals surface area contributed by atoms with Gasteiger partial charge in [0.15, 0.2) is 0 Å². The molecule has 1 aliphatic carbocycles. The number of carboxylic acid groups (broad SMARTS) is 1. The molecule has 7 nitrogen and oxygen atoms in total. The van der Waals surface area contributed by atoms with E-state index in [0.717, 1.165) is 34.4 Å². The number of hydrogen-bond acceptors (Lipinski definition) is 5. The average Bonchev–Trinajstić information content (AvgIpc) is 3.51. The molecule has 224 valence electrons. The van der Waals surface area contributed by atoms with Crippen molar-refractivity contribution in [3.05, 3.63) is 95.8 Å². The van der Waals surface area contributed by atoms with Gasteiger partial charge in [-0.25, -0.2) is 4.79 Å². The molecule has 0 radical (unpaired) electrons. The number of aliphatic carboxylic acids is 1. The molecule has 43 heavy (non-hydrogen) atoms. The molecular formula is C36H40N2O5. The number of hydrogen-bond donors (Lipinski definition) is 2. The predicted octanol–water partition coefficient (Wildman–Crippen LogP) is 7.71. The van der Waals surface area contributed by atoms with Crippen molar-refractivity contribution in [2.75, 3.05) is 6.61 Å². The van der Waals surface area contributed by atoms with Gasteiger partial charge in [0.05, 0.1) is 6.61 Å². The van der Waals surface area contributed by atoms with Crippen LogP contribution in [0, 0.1) is 5.92 Å². The summed E-state index contributed by atoms with van der Waals surface area (Å²) in [6, 6.07) is 21.5. The Hall–Kier alpha value is -4.39. The number of carbonyl (C=O) groups excluding carboxylic acids is 1. The molecule has 0 aliphatic heterocycles. The second-order valence-corrected chi connectivity index (χ2v) is 12.5. The second kappa shape index (κ2) is 13.3. The Balaban J connectivity index is 1.20. The molecule has 4 aromatic rings. The normalized spacial score (nSPS) is 14.4. The van der Waals surface area contributed by atoms with E-state index in [1.807, 2.05) is 54.6 Å². The molecule has 0 saturated heterocycles. The van der Waals surface area contributed by atoms with Gasteiger partial charge in [-0.1, -0.05) is 70.7 Å². The van der Waals surface area contributed by atoms with E-state index in [1.54, 1.807) is 12.3 Å². The molecule has 0 unspecified atom stereocenters. The van der Waals surface area contributed by atoms with E-state index in [-0.39, 0.29) is 17.5 Å². The Morgan fingerprint density at radius 3 is 2.26 bits per heavy atom. The van der Waals surface area contributed by atoms with Crippen LogP contribution < -0.4 is 14.8 Å². The molecule has 0 spiro atoms. The first-order valence-electron chi connectivity index (χ1n) is 15.1. The van der Waals surface area contributed by atoms with Gasteiger partial charge >= 0.3 is 5.97 Å². The van der Waals surface area contributed by atoms with E-state index in [0.29, 0.717) is 18.1 Å². The number of amides is 1. The van der Waals surface area contributed by atoms with Gasteiger partial charge in [-0.15, -0.1) is 0 Å². The fourth-order valence-corrected chi connectivity index (χ4v) is 5.50. The van der Waals surface area contributed by atoms with Crippen LogP contribution in [-0.4, -0.2) is 34.6 Å². The first-order valence-corrected chi connectivity index (χ1v) is 15.1. The highest BCUT2D eigenvalue weighted by atomic mass is 16.5. The summed E-state index contributed by atoms with van der Waals surface area (Å²) in [5, 5.41) is 14.1. The third-order valence-electron chi connectivity index (χ3n) is 8.12. The fraction of sp³-hybridized carbons (Fsp3) is 0.361. The van der Waals surface area contributed by atoms with Gasteiger partial charge in [0.1, 0.15) is 29.0 Å². The summed E-state index contributed by atoms with van der Waals surface area (Å²) < 4.78 is 12.0. The van der Waals surface area contributed by atoms with Crippen LogP contribution in [0.15, 0.2) is 79.0 Å². The summed E-state index contributed by atoms with van der Waals surface area (Å²) in [7, 11) is 0. The molecule has 3 aromatic carbocycles. The Bertz CT molecular complexity index is 1550. The fourth-order valence-electron chi connectivity index (χ4n) is 5.50. The summed E-state index contributed by atoms with van der Waals surface area (Å²) in [4.78, 5) is 29.4. The number of rotatable bonds is 11. The van der Waals surface area contributed by atoms with Crippen LogP contribution in [0.25, 0.3) is 10.8 Å². The highest BCUT2D eigenvalue weighted by molar-refractivity contribution is 5.98. The molecule has 1 aromatic heterocycles. The van der Waals surface area contributed by atoms with Crippen molar-refractivity contribution in [2.45, 2.75) is 70.8 Å². The number of ether oxygens (including phenoxy) is 2. The third kappa shape index (κ3) is 8.13. The van der Waals surface area contributed by atoms with Crippen LogP contribution in [0.4, 0.5) is 0 Å². The number of nitrogens with zero attached hydrogens (tertiary/aromatic N) is 1. The first kappa shape index (κ1) is 30.1. The first-order chi connectivity index (χ1) is 20.6. The molecule has 2 N–H and O–H groups in total. The Labute approximate surface area is 253 Å². The van der Waals surface area contributed by atoms with Crippen LogP contribution in [0.2, 0.25) is 0 Å². The van der Waals surface area contributed by atoms with Crippen molar-refractivity contribution in [1.82, 2.24) is 10.3 Å². The smallest absolute Gasteiger partial charge is 0.326 e. The van der Waals surface area contributed by atoms with Crippen molar-refractivity contribution in [2.24, 2.45) is 5.92 Å². The zero-order valence-electron chi connectivity index (χ0n) is 25.1. The van der Waals surface area contributed by atoms with Crippen LogP contribution in [0.3, 0.4) is 0 Å². The van der Waals surface area contributed by atoms with Crippen LogP contribution in [0.1, 0.15) is 74.5 Å². The largest absolute Gasteiger partial charge is 0.494 e. The van der Waals surface area contributed by atoms with Gasteiger partial charge in [-0.2, -0.15) is 0 Å². The highest BCUT2D eigenvalue weighted by Crippen LogP contribution is 2.29. The molecule has 1 saturated carbocycles. The number of carboxylic acids is 1. The quantitative estimate of drug-likeness (QED) is 0.189. The summed E-state index contributed by atoms with van der Waals surface area (Å²) in [6.07, 6.45) is 8.04. The molecule has 1 atom stereocenters. The van der Waals surface area contributed by atoms with Gasteiger partial charge in [0, 0.05) is 18.0 Å². The van der Waals surface area contributed by atoms with E-state index in [4.69, 9.17) is 9.47 Å². The molecule has 7 heteroatoms. The SMILES string of the molecule is CC(C)(C)c1ccc(Oc2ccc3cnc(C(=O)N[C@@H](Cc4ccc(OCCC5CCCC5)cc4)C(=O)O)cc3c2)cc1. The third-order valence-corrected chi connectivity index (χ3v) is 8.12. The molecule has 1 aliphatic rings. The molecule has 0 bridgehead atoms. The monoisotopic (exact) mass is 580 g/mol. The van der Waals surface area contributed by atoms with E-state index < -0.39 is 17.9 Å². The maximum atomic E-state index is 13.1. The number of pyridine rings is 1. The van der Waals surface area contributed by atoms with E-state index in [1.165, 1.54) is 31.2 Å². The minimum Gasteiger partial charge on any atom is -0.494 e. The van der Waals surface area contributed by atoms with Crippen LogP contribution in [0.5, 0.6) is 17.2 Å². The molecule has 1 amide bonds. The highest BCUT2D eigenvalue weighted by Gasteiger charge is 2.22.